The van der Waals surface area contributed by atoms with Gasteiger partial charge in [0, 0.05) is 41.1 Å². The number of carbonyl (C=O) groups excluding carboxylic acids is 2. The number of imidazole rings is 1. The molecule has 0 spiro atoms. The number of ether oxygens (including phenoxy) is 2. The maximum atomic E-state index is 12.6. The third kappa shape index (κ3) is 4.96. The second-order valence-corrected chi connectivity index (χ2v) is 6.91. The van der Waals surface area contributed by atoms with Crippen LogP contribution in [0.1, 0.15) is 24.2 Å². The molecule has 156 valence electrons. The molecule has 1 heterocycles. The van der Waals surface area contributed by atoms with Gasteiger partial charge < -0.3 is 24.7 Å². The molecule has 0 saturated heterocycles. The van der Waals surface area contributed by atoms with E-state index in [9.17, 15) is 9.59 Å². The van der Waals surface area contributed by atoms with Crippen LogP contribution in [0.15, 0.2) is 55.0 Å². The molecule has 3 aromatic rings. The molecule has 30 heavy (non-hydrogen) atoms. The monoisotopic (exact) mass is 408 g/mol. The lowest BCUT2D eigenvalue weighted by molar-refractivity contribution is -0.118. The van der Waals surface area contributed by atoms with E-state index in [-0.39, 0.29) is 17.7 Å². The van der Waals surface area contributed by atoms with Crippen molar-refractivity contribution in [2.45, 2.75) is 13.8 Å². The first-order chi connectivity index (χ1) is 14.4. The molecule has 0 aliphatic rings. The van der Waals surface area contributed by atoms with Crippen molar-refractivity contribution in [2.24, 2.45) is 5.92 Å². The zero-order valence-corrected chi connectivity index (χ0v) is 17.3. The third-order valence-electron chi connectivity index (χ3n) is 4.40. The Hall–Kier alpha value is -3.81. The van der Waals surface area contributed by atoms with Crippen molar-refractivity contribution in [1.29, 1.82) is 0 Å². The number of hydrogen-bond acceptors (Lipinski definition) is 5. The largest absolute Gasteiger partial charge is 0.497 e. The number of aromatic nitrogens is 2. The van der Waals surface area contributed by atoms with Gasteiger partial charge in [-0.05, 0) is 24.3 Å². The van der Waals surface area contributed by atoms with E-state index in [0.29, 0.717) is 28.6 Å². The van der Waals surface area contributed by atoms with E-state index >= 15 is 0 Å². The molecule has 0 aliphatic carbocycles. The van der Waals surface area contributed by atoms with Gasteiger partial charge in [0.2, 0.25) is 5.91 Å². The first-order valence-electron chi connectivity index (χ1n) is 9.39. The Labute approximate surface area is 174 Å². The lowest BCUT2D eigenvalue weighted by Crippen LogP contribution is -2.17. The number of hydrogen-bond donors (Lipinski definition) is 2. The highest BCUT2D eigenvalue weighted by Gasteiger charge is 2.11. The summed E-state index contributed by atoms with van der Waals surface area (Å²) in [6, 6.07) is 12.2. The van der Waals surface area contributed by atoms with Gasteiger partial charge in [-0.3, -0.25) is 9.59 Å². The van der Waals surface area contributed by atoms with Crippen LogP contribution in [0, 0.1) is 5.92 Å². The zero-order valence-electron chi connectivity index (χ0n) is 17.3. The minimum absolute atomic E-state index is 0.0959. The summed E-state index contributed by atoms with van der Waals surface area (Å²) >= 11 is 0. The van der Waals surface area contributed by atoms with Gasteiger partial charge in [0.05, 0.1) is 20.4 Å². The van der Waals surface area contributed by atoms with Gasteiger partial charge in [0.1, 0.15) is 17.8 Å². The maximum Gasteiger partial charge on any atom is 0.255 e. The molecule has 2 N–H and O–H groups in total. The molecule has 0 bridgehead atoms. The Morgan fingerprint density at radius 2 is 1.60 bits per heavy atom. The van der Waals surface area contributed by atoms with Gasteiger partial charge in [0.15, 0.2) is 5.82 Å². The van der Waals surface area contributed by atoms with Crippen molar-refractivity contribution in [3.63, 3.8) is 0 Å². The molecule has 1 aromatic heterocycles. The Bertz CT molecular complexity index is 1020. The molecular weight excluding hydrogens is 384 g/mol. The highest BCUT2D eigenvalue weighted by atomic mass is 16.5. The molecule has 2 amide bonds. The third-order valence-corrected chi connectivity index (χ3v) is 4.40. The smallest absolute Gasteiger partial charge is 0.255 e. The van der Waals surface area contributed by atoms with Crippen molar-refractivity contribution in [3.8, 4) is 17.2 Å². The molecule has 0 fully saturated rings. The van der Waals surface area contributed by atoms with Crippen LogP contribution in [0.3, 0.4) is 0 Å². The molecule has 3 rings (SSSR count). The van der Waals surface area contributed by atoms with Crippen LogP contribution in [-0.2, 0) is 4.79 Å². The Kier molecular flexibility index (Phi) is 6.36. The number of nitrogens with zero attached hydrogens (tertiary/aromatic N) is 2. The number of benzene rings is 2. The predicted octanol–water partition coefficient (Wildman–Crippen LogP) is 3.74. The van der Waals surface area contributed by atoms with Crippen molar-refractivity contribution in [2.75, 3.05) is 24.9 Å². The summed E-state index contributed by atoms with van der Waals surface area (Å²) in [4.78, 5) is 28.6. The van der Waals surface area contributed by atoms with Crippen LogP contribution in [0.4, 0.5) is 11.5 Å². The van der Waals surface area contributed by atoms with Crippen LogP contribution in [0.25, 0.3) is 5.69 Å². The van der Waals surface area contributed by atoms with Gasteiger partial charge >= 0.3 is 0 Å². The minimum Gasteiger partial charge on any atom is -0.497 e. The summed E-state index contributed by atoms with van der Waals surface area (Å²) < 4.78 is 12.2. The molecule has 0 aliphatic heterocycles. The molecular formula is C22H24N4O4. The Morgan fingerprint density at radius 1 is 0.967 bits per heavy atom. The minimum atomic E-state index is -0.257. The van der Waals surface area contributed by atoms with E-state index in [1.807, 2.05) is 13.8 Å². The van der Waals surface area contributed by atoms with E-state index in [1.54, 1.807) is 73.8 Å². The SMILES string of the molecule is COc1cc(NC(=O)c2ccc(-n3cnc(NC(=O)C(C)C)c3)cc2)cc(OC)c1. The molecule has 0 saturated carbocycles. The summed E-state index contributed by atoms with van der Waals surface area (Å²) in [6.07, 6.45) is 3.32. The van der Waals surface area contributed by atoms with Crippen LogP contribution in [0.2, 0.25) is 0 Å². The number of amides is 2. The number of nitrogens with one attached hydrogen (secondary N) is 2. The van der Waals surface area contributed by atoms with Crippen molar-refractivity contribution in [1.82, 2.24) is 9.55 Å². The van der Waals surface area contributed by atoms with E-state index < -0.39 is 0 Å². The topological polar surface area (TPSA) is 94.5 Å². The normalized spacial score (nSPS) is 10.6. The van der Waals surface area contributed by atoms with Gasteiger partial charge in [-0.15, -0.1) is 0 Å². The standard InChI is InChI=1S/C22H24N4O4/c1-14(2)21(27)25-20-12-26(13-23-20)17-7-5-15(6-8-17)22(28)24-16-9-18(29-3)11-19(10-16)30-4/h5-14H,1-4H3,(H,24,28)(H,25,27). The van der Waals surface area contributed by atoms with Crippen molar-refractivity contribution >= 4 is 23.3 Å². The van der Waals surface area contributed by atoms with Crippen LogP contribution >= 0.6 is 0 Å². The predicted molar refractivity (Wildman–Crippen MR) is 115 cm³/mol. The number of anilines is 2. The van der Waals surface area contributed by atoms with Crippen LogP contribution < -0.4 is 20.1 Å². The quantitative estimate of drug-likeness (QED) is 0.621. The average Bonchev–Trinajstić information content (AvgIpc) is 3.21. The molecule has 8 nitrogen and oxygen atoms in total. The molecule has 8 heteroatoms. The fourth-order valence-corrected chi connectivity index (χ4v) is 2.67. The van der Waals surface area contributed by atoms with Gasteiger partial charge in [0.25, 0.3) is 5.91 Å². The summed E-state index contributed by atoms with van der Waals surface area (Å²) in [5.41, 5.74) is 1.88. The molecule has 2 aromatic carbocycles. The summed E-state index contributed by atoms with van der Waals surface area (Å²) in [6.45, 7) is 3.63. The first kappa shape index (κ1) is 20.9. The Balaban J connectivity index is 1.71. The summed E-state index contributed by atoms with van der Waals surface area (Å²) in [5, 5.41) is 5.59. The molecule has 0 atom stereocenters. The van der Waals surface area contributed by atoms with E-state index in [1.165, 1.54) is 0 Å². The van der Waals surface area contributed by atoms with Gasteiger partial charge in [-0.1, -0.05) is 13.8 Å². The van der Waals surface area contributed by atoms with Gasteiger partial charge in [-0.2, -0.15) is 0 Å². The number of rotatable bonds is 7. The first-order valence-corrected chi connectivity index (χ1v) is 9.39. The lowest BCUT2D eigenvalue weighted by atomic mass is 10.2. The maximum absolute atomic E-state index is 12.6. The second kappa shape index (κ2) is 9.13. The fourth-order valence-electron chi connectivity index (χ4n) is 2.67. The molecule has 0 radical (unpaired) electrons. The zero-order chi connectivity index (χ0) is 21.7. The van der Waals surface area contributed by atoms with Gasteiger partial charge in [-0.25, -0.2) is 4.98 Å². The van der Waals surface area contributed by atoms with E-state index in [0.717, 1.165) is 5.69 Å². The fraction of sp³-hybridized carbons (Fsp3) is 0.227. The number of carbonyl (C=O) groups is 2. The summed E-state index contributed by atoms with van der Waals surface area (Å²) in [7, 11) is 3.10. The molecule has 0 unspecified atom stereocenters. The lowest BCUT2D eigenvalue weighted by Gasteiger charge is -2.10. The van der Waals surface area contributed by atoms with E-state index in [2.05, 4.69) is 15.6 Å². The van der Waals surface area contributed by atoms with Crippen LogP contribution in [-0.4, -0.2) is 35.6 Å². The van der Waals surface area contributed by atoms with Crippen LogP contribution in [0.5, 0.6) is 11.5 Å². The highest BCUT2D eigenvalue weighted by Crippen LogP contribution is 2.26. The van der Waals surface area contributed by atoms with Crippen molar-refractivity contribution < 1.29 is 19.1 Å². The second-order valence-electron chi connectivity index (χ2n) is 6.91. The van der Waals surface area contributed by atoms with E-state index in [4.69, 9.17) is 9.47 Å². The number of methoxy groups -OCH3 is 2. The summed E-state index contributed by atoms with van der Waals surface area (Å²) in [5.74, 6) is 1.16. The average molecular weight is 408 g/mol. The van der Waals surface area contributed by atoms with Crippen molar-refractivity contribution in [3.05, 3.63) is 60.6 Å². The highest BCUT2D eigenvalue weighted by molar-refractivity contribution is 6.04. The Morgan fingerprint density at radius 3 is 2.17 bits per heavy atom.